The van der Waals surface area contributed by atoms with Crippen LogP contribution in [0.5, 0.6) is 0 Å². The Hall–Kier alpha value is -3.32. The van der Waals surface area contributed by atoms with E-state index in [2.05, 4.69) is 37.4 Å². The molecule has 136 valence electrons. The molecule has 0 aliphatic carbocycles. The van der Waals surface area contributed by atoms with E-state index in [0.717, 1.165) is 16.9 Å². The summed E-state index contributed by atoms with van der Waals surface area (Å²) in [4.78, 5) is 12.9. The Kier molecular flexibility index (Phi) is 5.14. The Bertz CT molecular complexity index is 1020. The van der Waals surface area contributed by atoms with E-state index in [1.807, 2.05) is 44.2 Å². The lowest BCUT2D eigenvalue weighted by Crippen LogP contribution is -2.17. The number of carbonyl (C=O) groups excluding carboxylic acids is 1. The predicted octanol–water partition coefficient (Wildman–Crippen LogP) is 5.34. The molecule has 0 saturated heterocycles. The van der Waals surface area contributed by atoms with Crippen molar-refractivity contribution in [3.63, 3.8) is 0 Å². The minimum absolute atomic E-state index is 0.298. The first-order valence-electron chi connectivity index (χ1n) is 9.01. The first kappa shape index (κ1) is 18.5. The second-order valence-corrected chi connectivity index (χ2v) is 7.06. The van der Waals surface area contributed by atoms with E-state index in [-0.39, 0.29) is 5.91 Å². The van der Waals surface area contributed by atoms with E-state index < -0.39 is 0 Å². The summed E-state index contributed by atoms with van der Waals surface area (Å²) in [5.41, 5.74) is 5.76. The number of aryl methyl sites for hydroxylation is 2. The van der Waals surface area contributed by atoms with E-state index in [1.165, 1.54) is 11.1 Å². The molecule has 0 radical (unpaired) electrons. The van der Waals surface area contributed by atoms with Crippen LogP contribution in [0.2, 0.25) is 0 Å². The van der Waals surface area contributed by atoms with Crippen LogP contribution in [0.15, 0.2) is 54.7 Å². The van der Waals surface area contributed by atoms with Crippen LogP contribution < -0.4 is 5.32 Å². The van der Waals surface area contributed by atoms with Crippen LogP contribution >= 0.6 is 0 Å². The van der Waals surface area contributed by atoms with Crippen molar-refractivity contribution < 1.29 is 4.79 Å². The molecule has 4 nitrogen and oxygen atoms in total. The standard InChI is InChI=1S/C23H23N3O/c1-15(2)18-6-9-21(10-7-18)26-12-11-19(14-24)22(26)23(27)25-20-8-5-16(3)17(4)13-20/h5-13,15H,1-4H3,(H,25,27). The van der Waals surface area contributed by atoms with E-state index >= 15 is 0 Å². The molecule has 27 heavy (non-hydrogen) atoms. The predicted molar refractivity (Wildman–Crippen MR) is 108 cm³/mol. The lowest BCUT2D eigenvalue weighted by atomic mass is 10.0. The zero-order chi connectivity index (χ0) is 19.6. The molecule has 0 saturated carbocycles. The topological polar surface area (TPSA) is 57.8 Å². The number of amides is 1. The Morgan fingerprint density at radius 3 is 2.33 bits per heavy atom. The molecule has 0 aliphatic heterocycles. The van der Waals surface area contributed by atoms with Crippen LogP contribution in [-0.4, -0.2) is 10.5 Å². The van der Waals surface area contributed by atoms with Crippen LogP contribution in [0.4, 0.5) is 5.69 Å². The summed E-state index contributed by atoms with van der Waals surface area (Å²) < 4.78 is 1.76. The van der Waals surface area contributed by atoms with Gasteiger partial charge in [-0.3, -0.25) is 4.79 Å². The third-order valence-corrected chi connectivity index (χ3v) is 4.82. The summed E-state index contributed by atoms with van der Waals surface area (Å²) in [6, 6.07) is 17.6. The lowest BCUT2D eigenvalue weighted by molar-refractivity contribution is 0.102. The fraction of sp³-hybridized carbons (Fsp3) is 0.217. The van der Waals surface area contributed by atoms with Crippen LogP contribution in [0.25, 0.3) is 5.69 Å². The lowest BCUT2D eigenvalue weighted by Gasteiger charge is -2.13. The van der Waals surface area contributed by atoms with Crippen LogP contribution in [0, 0.1) is 25.2 Å². The summed E-state index contributed by atoms with van der Waals surface area (Å²) in [5.74, 6) is 0.138. The number of rotatable bonds is 4. The van der Waals surface area contributed by atoms with Crippen LogP contribution in [0.1, 0.15) is 52.5 Å². The van der Waals surface area contributed by atoms with Crippen LogP contribution in [0.3, 0.4) is 0 Å². The van der Waals surface area contributed by atoms with Crippen molar-refractivity contribution in [3.05, 3.63) is 82.7 Å². The van der Waals surface area contributed by atoms with E-state index in [1.54, 1.807) is 16.8 Å². The van der Waals surface area contributed by atoms with E-state index in [9.17, 15) is 10.1 Å². The second-order valence-electron chi connectivity index (χ2n) is 7.06. The monoisotopic (exact) mass is 357 g/mol. The Morgan fingerprint density at radius 2 is 1.74 bits per heavy atom. The minimum atomic E-state index is -0.298. The number of hydrogen-bond acceptors (Lipinski definition) is 2. The van der Waals surface area contributed by atoms with E-state index in [0.29, 0.717) is 17.2 Å². The van der Waals surface area contributed by atoms with Gasteiger partial charge in [-0.05, 0) is 66.8 Å². The molecule has 0 aliphatic rings. The fourth-order valence-electron chi connectivity index (χ4n) is 3.00. The molecular formula is C23H23N3O. The van der Waals surface area contributed by atoms with Gasteiger partial charge in [0.25, 0.3) is 5.91 Å². The summed E-state index contributed by atoms with van der Waals surface area (Å²) in [6.45, 7) is 8.31. The average Bonchev–Trinajstić information content (AvgIpc) is 3.09. The first-order valence-corrected chi connectivity index (χ1v) is 9.01. The van der Waals surface area contributed by atoms with Gasteiger partial charge in [-0.25, -0.2) is 0 Å². The van der Waals surface area contributed by atoms with Crippen molar-refractivity contribution in [3.8, 4) is 11.8 Å². The number of aromatic nitrogens is 1. The maximum atomic E-state index is 12.9. The van der Waals surface area contributed by atoms with Gasteiger partial charge >= 0.3 is 0 Å². The normalized spacial score (nSPS) is 10.7. The van der Waals surface area contributed by atoms with Crippen molar-refractivity contribution in [2.45, 2.75) is 33.6 Å². The van der Waals surface area contributed by atoms with Crippen molar-refractivity contribution in [2.75, 3.05) is 5.32 Å². The Balaban J connectivity index is 1.97. The molecular weight excluding hydrogens is 334 g/mol. The van der Waals surface area contributed by atoms with Gasteiger partial charge < -0.3 is 9.88 Å². The maximum Gasteiger partial charge on any atom is 0.274 e. The molecule has 0 spiro atoms. The summed E-state index contributed by atoms with van der Waals surface area (Å²) >= 11 is 0. The highest BCUT2D eigenvalue weighted by molar-refractivity contribution is 6.05. The van der Waals surface area contributed by atoms with Crippen molar-refractivity contribution in [1.29, 1.82) is 5.26 Å². The number of anilines is 1. The zero-order valence-corrected chi connectivity index (χ0v) is 16.1. The quantitative estimate of drug-likeness (QED) is 0.685. The number of nitrogens with zero attached hydrogens (tertiary/aromatic N) is 2. The smallest absolute Gasteiger partial charge is 0.274 e. The van der Waals surface area contributed by atoms with E-state index in [4.69, 9.17) is 0 Å². The largest absolute Gasteiger partial charge is 0.321 e. The van der Waals surface area contributed by atoms with Gasteiger partial charge in [0, 0.05) is 17.6 Å². The highest BCUT2D eigenvalue weighted by Crippen LogP contribution is 2.22. The van der Waals surface area contributed by atoms with Crippen molar-refractivity contribution >= 4 is 11.6 Å². The minimum Gasteiger partial charge on any atom is -0.321 e. The van der Waals surface area contributed by atoms with Crippen molar-refractivity contribution in [1.82, 2.24) is 4.57 Å². The number of nitrogens with one attached hydrogen (secondary N) is 1. The third-order valence-electron chi connectivity index (χ3n) is 4.82. The Labute approximate surface area is 160 Å². The molecule has 0 bridgehead atoms. The fourth-order valence-corrected chi connectivity index (χ4v) is 3.00. The van der Waals surface area contributed by atoms with Gasteiger partial charge in [0.15, 0.2) is 0 Å². The molecule has 4 heteroatoms. The molecule has 0 fully saturated rings. The van der Waals surface area contributed by atoms with Gasteiger partial charge in [0.05, 0.1) is 5.56 Å². The van der Waals surface area contributed by atoms with Gasteiger partial charge in [0.1, 0.15) is 11.8 Å². The first-order chi connectivity index (χ1) is 12.9. The molecule has 0 unspecified atom stereocenters. The SMILES string of the molecule is Cc1ccc(NC(=O)c2c(C#N)ccn2-c2ccc(C(C)C)cc2)cc1C. The van der Waals surface area contributed by atoms with Gasteiger partial charge in [-0.15, -0.1) is 0 Å². The van der Waals surface area contributed by atoms with Crippen molar-refractivity contribution in [2.24, 2.45) is 0 Å². The maximum absolute atomic E-state index is 12.9. The highest BCUT2D eigenvalue weighted by Gasteiger charge is 2.19. The molecule has 3 rings (SSSR count). The summed E-state index contributed by atoms with van der Waals surface area (Å²) in [7, 11) is 0. The highest BCUT2D eigenvalue weighted by atomic mass is 16.2. The molecule has 1 aromatic heterocycles. The number of carbonyl (C=O) groups is 1. The molecule has 2 aromatic carbocycles. The number of nitriles is 1. The molecule has 1 amide bonds. The third kappa shape index (κ3) is 3.78. The van der Waals surface area contributed by atoms with Gasteiger partial charge in [0.2, 0.25) is 0 Å². The van der Waals surface area contributed by atoms with Gasteiger partial charge in [-0.1, -0.05) is 32.0 Å². The summed E-state index contributed by atoms with van der Waals surface area (Å²) in [6.07, 6.45) is 1.76. The number of benzene rings is 2. The van der Waals surface area contributed by atoms with Gasteiger partial charge in [-0.2, -0.15) is 5.26 Å². The zero-order valence-electron chi connectivity index (χ0n) is 16.1. The second kappa shape index (κ2) is 7.51. The summed E-state index contributed by atoms with van der Waals surface area (Å²) in [5, 5.41) is 12.4. The average molecular weight is 357 g/mol. The number of hydrogen-bond donors (Lipinski definition) is 1. The molecule has 1 N–H and O–H groups in total. The molecule has 3 aromatic rings. The van der Waals surface area contributed by atoms with Crippen LogP contribution in [-0.2, 0) is 0 Å². The molecule has 1 heterocycles. The Morgan fingerprint density at radius 1 is 1.04 bits per heavy atom. The molecule has 0 atom stereocenters.